The number of carbonyl (C=O) groups excluding carboxylic acids is 7. The molecule has 0 aromatic heterocycles. The van der Waals surface area contributed by atoms with Gasteiger partial charge in [0.15, 0.2) is 0 Å². The van der Waals surface area contributed by atoms with Crippen molar-refractivity contribution in [2.24, 2.45) is 17.6 Å². The summed E-state index contributed by atoms with van der Waals surface area (Å²) in [5, 5.41) is 10.6. The summed E-state index contributed by atoms with van der Waals surface area (Å²) in [5.41, 5.74) is 6.88. The quantitative estimate of drug-likeness (QED) is 0.133. The zero-order valence-electron chi connectivity index (χ0n) is 33.6. The maximum atomic E-state index is 14.7. The Morgan fingerprint density at radius 3 is 2.07 bits per heavy atom. The Labute approximate surface area is 341 Å². The van der Waals surface area contributed by atoms with Gasteiger partial charge in [-0.2, -0.15) is 0 Å². The first-order chi connectivity index (χ1) is 28.0. The van der Waals surface area contributed by atoms with Crippen LogP contribution in [0.1, 0.15) is 114 Å². The van der Waals surface area contributed by atoms with Gasteiger partial charge in [0.1, 0.15) is 18.1 Å². The molecule has 6 N–H and O–H groups in total. The molecule has 1 aliphatic heterocycles. The molecule has 2 aromatic carbocycles. The summed E-state index contributed by atoms with van der Waals surface area (Å²) < 4.78 is 6.26. The largest absolute Gasteiger partial charge is 0.372 e. The molecule has 2 unspecified atom stereocenters. The normalized spacial score (nSPS) is 20.3. The molecule has 0 spiro atoms. The Kier molecular flexibility index (Phi) is 16.8. The lowest BCUT2D eigenvalue weighted by atomic mass is 9.82. The van der Waals surface area contributed by atoms with E-state index in [0.717, 1.165) is 63.4 Å². The number of primary amides is 1. The first-order valence-corrected chi connectivity index (χ1v) is 21.0. The summed E-state index contributed by atoms with van der Waals surface area (Å²) in [7, 11) is 0. The van der Waals surface area contributed by atoms with Crippen LogP contribution >= 0.6 is 0 Å². The van der Waals surface area contributed by atoms with Gasteiger partial charge in [-0.1, -0.05) is 113 Å². The molecule has 3 aliphatic rings. The third-order valence-electron chi connectivity index (χ3n) is 11.6. The summed E-state index contributed by atoms with van der Waals surface area (Å²) in [6.45, 7) is 1.56. The van der Waals surface area contributed by atoms with E-state index in [-0.39, 0.29) is 49.6 Å². The fourth-order valence-corrected chi connectivity index (χ4v) is 8.52. The maximum Gasteiger partial charge on any atom is 0.290 e. The number of hydrogen-bond acceptors (Lipinski definition) is 8. The van der Waals surface area contributed by atoms with Gasteiger partial charge >= 0.3 is 0 Å². The van der Waals surface area contributed by atoms with Crippen molar-refractivity contribution >= 4 is 41.2 Å². The number of benzene rings is 2. The summed E-state index contributed by atoms with van der Waals surface area (Å²) in [6.07, 6.45) is 10.5. The highest BCUT2D eigenvalue weighted by Gasteiger charge is 2.45. The number of nitrogens with one attached hydrogen (secondary N) is 4. The van der Waals surface area contributed by atoms with Gasteiger partial charge in [0, 0.05) is 19.4 Å². The van der Waals surface area contributed by atoms with E-state index in [1.807, 2.05) is 30.3 Å². The van der Waals surface area contributed by atoms with E-state index in [1.165, 1.54) is 11.3 Å². The summed E-state index contributed by atoms with van der Waals surface area (Å²) in [6, 6.07) is 13.7. The number of ketones is 1. The van der Waals surface area contributed by atoms with Crippen molar-refractivity contribution in [1.82, 2.24) is 26.2 Å². The first kappa shape index (κ1) is 44.0. The molecule has 0 bridgehead atoms. The minimum absolute atomic E-state index is 0.0780. The molecule has 14 nitrogen and oxygen atoms in total. The molecule has 2 aromatic rings. The standard InChI is InChI=1S/C44H60N6O8/c1-2-15-34(40(53)43(56)46-26-37(52)49-38(41(45)54)31-20-11-5-12-21-31)47-42(55)35-25-33(58-28-30-18-9-4-10-19-30)27-50(35)44(57)39(32-22-13-6-14-23-32)48-36(51)24-29-16-7-3-8-17-29/h4-5,9-12,18-21,29,32-35,38-39H,2-3,6-8,13-17,22-28H2,1H3,(H2,45,54)(H,46,56)(H,47,55)(H,48,51)(H,49,52)/t33-,34?,35+,38-,39?/m1/s1. The van der Waals surface area contributed by atoms with Gasteiger partial charge in [-0.25, -0.2) is 0 Å². The highest BCUT2D eigenvalue weighted by Crippen LogP contribution is 2.31. The summed E-state index contributed by atoms with van der Waals surface area (Å²) in [4.78, 5) is 95.3. The highest BCUT2D eigenvalue weighted by molar-refractivity contribution is 6.38. The maximum absolute atomic E-state index is 14.7. The smallest absolute Gasteiger partial charge is 0.290 e. The highest BCUT2D eigenvalue weighted by atomic mass is 16.5. The number of Topliss-reactive ketones (excluding diaryl/α,β-unsaturated/α-hetero) is 1. The van der Waals surface area contributed by atoms with Crippen LogP contribution in [0.15, 0.2) is 60.7 Å². The van der Waals surface area contributed by atoms with Crippen LogP contribution in [0, 0.1) is 11.8 Å². The van der Waals surface area contributed by atoms with E-state index < -0.39 is 66.2 Å². The molecule has 14 heteroatoms. The number of hydrogen-bond donors (Lipinski definition) is 5. The number of rotatable bonds is 19. The van der Waals surface area contributed by atoms with Crippen molar-refractivity contribution in [3.8, 4) is 0 Å². The van der Waals surface area contributed by atoms with E-state index in [9.17, 15) is 33.6 Å². The average molecular weight is 801 g/mol. The third-order valence-corrected chi connectivity index (χ3v) is 11.6. The fourth-order valence-electron chi connectivity index (χ4n) is 8.52. The number of carbonyl (C=O) groups is 7. The first-order valence-electron chi connectivity index (χ1n) is 21.0. The predicted octanol–water partition coefficient (Wildman–Crippen LogP) is 3.52. The second-order valence-electron chi connectivity index (χ2n) is 16.0. The second-order valence-corrected chi connectivity index (χ2v) is 16.0. The van der Waals surface area contributed by atoms with E-state index in [4.69, 9.17) is 10.5 Å². The topological polar surface area (TPSA) is 206 Å². The summed E-state index contributed by atoms with van der Waals surface area (Å²) in [5.74, 6) is -4.49. The van der Waals surface area contributed by atoms with Gasteiger partial charge in [0.2, 0.25) is 35.3 Å². The molecule has 5 rings (SSSR count). The number of nitrogens with zero attached hydrogens (tertiary/aromatic N) is 1. The van der Waals surface area contributed by atoms with Gasteiger partial charge in [-0.3, -0.25) is 33.6 Å². The van der Waals surface area contributed by atoms with E-state index in [1.54, 1.807) is 37.3 Å². The predicted molar refractivity (Wildman–Crippen MR) is 216 cm³/mol. The molecule has 1 saturated heterocycles. The monoisotopic (exact) mass is 800 g/mol. The Morgan fingerprint density at radius 1 is 0.793 bits per heavy atom. The van der Waals surface area contributed by atoms with Crippen LogP contribution in [0.4, 0.5) is 0 Å². The van der Waals surface area contributed by atoms with Gasteiger partial charge in [-0.15, -0.1) is 0 Å². The van der Waals surface area contributed by atoms with E-state index in [0.29, 0.717) is 18.4 Å². The van der Waals surface area contributed by atoms with Gasteiger partial charge in [-0.05, 0) is 55.1 Å². The van der Waals surface area contributed by atoms with Crippen LogP contribution in [0.5, 0.6) is 0 Å². The lowest BCUT2D eigenvalue weighted by Gasteiger charge is -2.35. The van der Waals surface area contributed by atoms with Crippen LogP contribution in [-0.4, -0.2) is 83.4 Å². The minimum Gasteiger partial charge on any atom is -0.372 e. The van der Waals surface area contributed by atoms with Crippen molar-refractivity contribution in [1.29, 1.82) is 0 Å². The molecular weight excluding hydrogens is 741 g/mol. The summed E-state index contributed by atoms with van der Waals surface area (Å²) >= 11 is 0. The number of amides is 6. The van der Waals surface area contributed by atoms with Crippen molar-refractivity contribution in [2.45, 2.75) is 134 Å². The van der Waals surface area contributed by atoms with Crippen molar-refractivity contribution in [3.05, 3.63) is 71.8 Å². The second kappa shape index (κ2) is 22.2. The molecule has 314 valence electrons. The molecule has 2 aliphatic carbocycles. The molecule has 1 heterocycles. The SMILES string of the molecule is CCCC(NC(=O)[C@@H]1C[C@@H](OCc2ccccc2)CN1C(=O)C(NC(=O)CC1CCCCC1)C1CCCCC1)C(=O)C(=O)NCC(=O)N[C@@H](C(N)=O)c1ccccc1. The van der Waals surface area contributed by atoms with Crippen LogP contribution in [0.25, 0.3) is 0 Å². The fraction of sp³-hybridized carbons (Fsp3) is 0.568. The van der Waals surface area contributed by atoms with Gasteiger partial charge in [0.05, 0.1) is 25.3 Å². The Bertz CT molecular complexity index is 1710. The zero-order chi connectivity index (χ0) is 41.4. The molecule has 2 saturated carbocycles. The van der Waals surface area contributed by atoms with Crippen molar-refractivity contribution < 1.29 is 38.3 Å². The van der Waals surface area contributed by atoms with Gasteiger partial charge in [0.25, 0.3) is 5.91 Å². The van der Waals surface area contributed by atoms with Crippen LogP contribution in [-0.2, 0) is 44.9 Å². The van der Waals surface area contributed by atoms with E-state index >= 15 is 0 Å². The van der Waals surface area contributed by atoms with Gasteiger partial charge < -0.3 is 36.6 Å². The third kappa shape index (κ3) is 12.7. The minimum atomic E-state index is -1.24. The number of likely N-dealkylation sites (tertiary alicyclic amines) is 1. The Balaban J connectivity index is 1.28. The molecule has 58 heavy (non-hydrogen) atoms. The molecule has 5 atom stereocenters. The molecule has 0 radical (unpaired) electrons. The molecule has 3 fully saturated rings. The lowest BCUT2D eigenvalue weighted by Crippen LogP contribution is -2.58. The van der Waals surface area contributed by atoms with Crippen LogP contribution in [0.2, 0.25) is 0 Å². The van der Waals surface area contributed by atoms with E-state index in [2.05, 4.69) is 21.3 Å². The Hall–Kier alpha value is -5.11. The number of ether oxygens (including phenoxy) is 1. The Morgan fingerprint density at radius 2 is 1.43 bits per heavy atom. The number of nitrogens with two attached hydrogens (primary N) is 1. The average Bonchev–Trinajstić information content (AvgIpc) is 3.68. The lowest BCUT2D eigenvalue weighted by molar-refractivity contribution is -0.144. The van der Waals surface area contributed by atoms with Crippen LogP contribution < -0.4 is 27.0 Å². The molecule has 6 amide bonds. The van der Waals surface area contributed by atoms with Crippen molar-refractivity contribution in [2.75, 3.05) is 13.1 Å². The zero-order valence-corrected chi connectivity index (χ0v) is 33.6. The van der Waals surface area contributed by atoms with Crippen molar-refractivity contribution in [3.63, 3.8) is 0 Å². The van der Waals surface area contributed by atoms with Crippen LogP contribution in [0.3, 0.4) is 0 Å². The molecular formula is C44H60N6O8.